The highest BCUT2D eigenvalue weighted by Gasteiger charge is 2.20. The number of rotatable bonds is 2. The van der Waals surface area contributed by atoms with Gasteiger partial charge in [-0.3, -0.25) is 0 Å². The van der Waals surface area contributed by atoms with Gasteiger partial charge < -0.3 is 5.32 Å². The first kappa shape index (κ1) is 12.1. The number of halogens is 1. The van der Waals surface area contributed by atoms with Crippen molar-refractivity contribution in [3.05, 3.63) is 50.7 Å². The molecule has 2 heterocycles. The molecule has 94 valence electrons. The molecule has 0 fully saturated rings. The van der Waals surface area contributed by atoms with Crippen molar-refractivity contribution in [1.29, 1.82) is 0 Å². The third kappa shape index (κ3) is 2.40. The molecule has 1 aliphatic heterocycles. The lowest BCUT2D eigenvalue weighted by Crippen LogP contribution is -2.25. The molecule has 0 spiro atoms. The maximum atomic E-state index is 6.15. The average Bonchev–Trinajstić information content (AvgIpc) is 2.81. The summed E-state index contributed by atoms with van der Waals surface area (Å²) in [6, 6.07) is 8.50. The molecular weight excluding hydrogens is 262 g/mol. The first-order valence-corrected chi connectivity index (χ1v) is 7.53. The van der Waals surface area contributed by atoms with E-state index < -0.39 is 0 Å². The number of fused-ring (bicyclic) bond motifs is 1. The lowest BCUT2D eigenvalue weighted by Gasteiger charge is -2.27. The van der Waals surface area contributed by atoms with Crippen LogP contribution >= 0.6 is 22.9 Å². The summed E-state index contributed by atoms with van der Waals surface area (Å²) in [4.78, 5) is 1.48. The van der Waals surface area contributed by atoms with E-state index in [0.29, 0.717) is 5.92 Å². The van der Waals surface area contributed by atoms with Crippen molar-refractivity contribution in [2.24, 2.45) is 5.92 Å². The predicted octanol–water partition coefficient (Wildman–Crippen LogP) is 4.54. The second-order valence-corrected chi connectivity index (χ2v) is 6.46. The minimum absolute atomic E-state index is 0.675. The Balaban J connectivity index is 1.80. The van der Waals surface area contributed by atoms with Crippen molar-refractivity contribution >= 4 is 28.6 Å². The highest BCUT2D eigenvalue weighted by Crippen LogP contribution is 2.32. The van der Waals surface area contributed by atoms with E-state index in [1.807, 2.05) is 17.4 Å². The Morgan fingerprint density at radius 3 is 3.11 bits per heavy atom. The average molecular weight is 278 g/mol. The molecule has 0 saturated carbocycles. The molecule has 3 heteroatoms. The van der Waals surface area contributed by atoms with Crippen LogP contribution in [0.25, 0.3) is 0 Å². The van der Waals surface area contributed by atoms with E-state index in [2.05, 4.69) is 35.8 Å². The smallest absolute Gasteiger partial charge is 0.0412 e. The highest BCUT2D eigenvalue weighted by atomic mass is 35.5. The molecule has 0 radical (unpaired) electrons. The van der Waals surface area contributed by atoms with E-state index in [1.54, 1.807) is 0 Å². The zero-order valence-electron chi connectivity index (χ0n) is 10.4. The van der Waals surface area contributed by atoms with Crippen LogP contribution in [0.15, 0.2) is 29.6 Å². The summed E-state index contributed by atoms with van der Waals surface area (Å²) in [7, 11) is 0. The van der Waals surface area contributed by atoms with Crippen molar-refractivity contribution < 1.29 is 0 Å². The molecule has 0 amide bonds. The Labute approximate surface area is 117 Å². The predicted molar refractivity (Wildman–Crippen MR) is 79.9 cm³/mol. The van der Waals surface area contributed by atoms with Crippen molar-refractivity contribution in [1.82, 2.24) is 0 Å². The molecular formula is C15H16ClNS. The van der Waals surface area contributed by atoms with Gasteiger partial charge in [-0.1, -0.05) is 17.7 Å². The van der Waals surface area contributed by atoms with Crippen molar-refractivity contribution in [2.45, 2.75) is 19.8 Å². The summed E-state index contributed by atoms with van der Waals surface area (Å²) in [5.74, 6) is 0.675. The van der Waals surface area contributed by atoms with Crippen LogP contribution in [0.1, 0.15) is 16.0 Å². The van der Waals surface area contributed by atoms with Crippen molar-refractivity contribution in [2.75, 3.05) is 11.9 Å². The molecule has 18 heavy (non-hydrogen) atoms. The fraction of sp³-hybridized carbons (Fsp3) is 0.333. The summed E-state index contributed by atoms with van der Waals surface area (Å²) >= 11 is 8.00. The topological polar surface area (TPSA) is 12.0 Å². The molecule has 1 N–H and O–H groups in total. The van der Waals surface area contributed by atoms with Crippen LogP contribution in [-0.2, 0) is 12.8 Å². The Kier molecular flexibility index (Phi) is 3.31. The third-order valence-electron chi connectivity index (χ3n) is 3.53. The summed E-state index contributed by atoms with van der Waals surface area (Å²) in [6.45, 7) is 3.19. The Bertz CT molecular complexity index is 548. The molecule has 0 aliphatic carbocycles. The summed E-state index contributed by atoms with van der Waals surface area (Å²) in [5.41, 5.74) is 3.92. The molecule has 1 nitrogen and oxygen atoms in total. The summed E-state index contributed by atoms with van der Waals surface area (Å²) in [5, 5.41) is 6.57. The normalized spacial score (nSPS) is 18.2. The van der Waals surface area contributed by atoms with E-state index >= 15 is 0 Å². The van der Waals surface area contributed by atoms with Crippen LogP contribution in [0.5, 0.6) is 0 Å². The minimum Gasteiger partial charge on any atom is -0.384 e. The van der Waals surface area contributed by atoms with E-state index in [4.69, 9.17) is 11.6 Å². The standard InChI is InChI=1S/C15H16ClNS/c1-10-5-13(16)8-12-6-11(9-17-15(10)12)7-14-3-2-4-18-14/h2-5,8,11,17H,6-7,9H2,1H3. The summed E-state index contributed by atoms with van der Waals surface area (Å²) in [6.07, 6.45) is 2.29. The molecule has 0 saturated heterocycles. The van der Waals surface area contributed by atoms with Gasteiger partial charge in [0, 0.05) is 22.1 Å². The van der Waals surface area contributed by atoms with E-state index in [1.165, 1.54) is 21.7 Å². The van der Waals surface area contributed by atoms with Crippen LogP contribution in [0.4, 0.5) is 5.69 Å². The number of benzene rings is 1. The van der Waals surface area contributed by atoms with Gasteiger partial charge in [0.15, 0.2) is 0 Å². The van der Waals surface area contributed by atoms with Crippen LogP contribution < -0.4 is 5.32 Å². The quantitative estimate of drug-likeness (QED) is 0.850. The van der Waals surface area contributed by atoms with Gasteiger partial charge in [-0.2, -0.15) is 0 Å². The van der Waals surface area contributed by atoms with Crippen LogP contribution in [0.3, 0.4) is 0 Å². The number of aryl methyl sites for hydroxylation is 1. The number of nitrogens with one attached hydrogen (secondary N) is 1. The molecule has 1 aliphatic rings. The van der Waals surface area contributed by atoms with Gasteiger partial charge in [0.25, 0.3) is 0 Å². The fourth-order valence-corrected chi connectivity index (χ4v) is 3.83. The monoisotopic (exact) mass is 277 g/mol. The number of anilines is 1. The number of thiophene rings is 1. The fourth-order valence-electron chi connectivity index (χ4n) is 2.71. The maximum Gasteiger partial charge on any atom is 0.0412 e. The maximum absolute atomic E-state index is 6.15. The first-order chi connectivity index (χ1) is 8.72. The van der Waals surface area contributed by atoms with Crippen molar-refractivity contribution in [3.63, 3.8) is 0 Å². The number of hydrogen-bond acceptors (Lipinski definition) is 2. The molecule has 1 atom stereocenters. The second-order valence-electron chi connectivity index (χ2n) is 4.99. The third-order valence-corrected chi connectivity index (χ3v) is 4.64. The highest BCUT2D eigenvalue weighted by molar-refractivity contribution is 7.09. The van der Waals surface area contributed by atoms with Gasteiger partial charge in [0.2, 0.25) is 0 Å². The van der Waals surface area contributed by atoms with E-state index in [0.717, 1.165) is 24.4 Å². The van der Waals surface area contributed by atoms with E-state index in [9.17, 15) is 0 Å². The van der Waals surface area contributed by atoms with Gasteiger partial charge in [-0.05, 0) is 60.4 Å². The minimum atomic E-state index is 0.675. The van der Waals surface area contributed by atoms with E-state index in [-0.39, 0.29) is 0 Å². The second kappa shape index (κ2) is 4.94. The van der Waals surface area contributed by atoms with Crippen molar-refractivity contribution in [3.8, 4) is 0 Å². The van der Waals surface area contributed by atoms with Gasteiger partial charge >= 0.3 is 0 Å². The molecule has 0 bridgehead atoms. The van der Waals surface area contributed by atoms with Gasteiger partial charge in [0.05, 0.1) is 0 Å². The lowest BCUT2D eigenvalue weighted by molar-refractivity contribution is 0.539. The SMILES string of the molecule is Cc1cc(Cl)cc2c1NCC(Cc1cccs1)C2. The Morgan fingerprint density at radius 2 is 2.33 bits per heavy atom. The van der Waals surface area contributed by atoms with Crippen LogP contribution in [0.2, 0.25) is 5.02 Å². The zero-order chi connectivity index (χ0) is 12.5. The van der Waals surface area contributed by atoms with Crippen LogP contribution in [0, 0.1) is 12.8 Å². The molecule has 3 rings (SSSR count). The molecule has 1 aromatic carbocycles. The number of hydrogen-bond donors (Lipinski definition) is 1. The molecule has 2 aromatic rings. The summed E-state index contributed by atoms with van der Waals surface area (Å²) < 4.78 is 0. The molecule has 1 aromatic heterocycles. The van der Waals surface area contributed by atoms with Crippen LogP contribution in [-0.4, -0.2) is 6.54 Å². The first-order valence-electron chi connectivity index (χ1n) is 6.27. The Morgan fingerprint density at radius 1 is 1.44 bits per heavy atom. The zero-order valence-corrected chi connectivity index (χ0v) is 11.9. The largest absolute Gasteiger partial charge is 0.384 e. The van der Waals surface area contributed by atoms with Gasteiger partial charge in [-0.25, -0.2) is 0 Å². The van der Waals surface area contributed by atoms with Gasteiger partial charge in [-0.15, -0.1) is 11.3 Å². The lowest BCUT2D eigenvalue weighted by atomic mass is 9.89. The van der Waals surface area contributed by atoms with Gasteiger partial charge in [0.1, 0.15) is 0 Å². The Hall–Kier alpha value is -0.990. The molecule has 1 unspecified atom stereocenters.